The highest BCUT2D eigenvalue weighted by molar-refractivity contribution is 5.95. The zero-order valence-corrected chi connectivity index (χ0v) is 16.2. The maximum absolute atomic E-state index is 12.8. The monoisotopic (exact) mass is 370 g/mol. The summed E-state index contributed by atoms with van der Waals surface area (Å²) in [6.45, 7) is 3.43. The molecule has 0 aliphatic carbocycles. The lowest BCUT2D eigenvalue weighted by atomic mass is 9.97. The van der Waals surface area contributed by atoms with Gasteiger partial charge in [0.15, 0.2) is 11.5 Å². The second-order valence-corrected chi connectivity index (χ2v) is 6.56. The minimum atomic E-state index is -0.267. The molecule has 0 saturated carbocycles. The van der Waals surface area contributed by atoms with Gasteiger partial charge in [-0.3, -0.25) is 9.69 Å². The molecule has 1 heterocycles. The van der Waals surface area contributed by atoms with E-state index in [4.69, 9.17) is 14.2 Å². The van der Waals surface area contributed by atoms with Gasteiger partial charge in [-0.1, -0.05) is 12.1 Å². The number of amides is 1. The Morgan fingerprint density at radius 1 is 1.00 bits per heavy atom. The molecule has 0 fully saturated rings. The van der Waals surface area contributed by atoms with Gasteiger partial charge in [0.25, 0.3) is 0 Å². The number of fused-ring (bicyclic) bond motifs is 1. The Kier molecular flexibility index (Phi) is 5.86. The van der Waals surface area contributed by atoms with Gasteiger partial charge >= 0.3 is 0 Å². The molecule has 6 nitrogen and oxygen atoms in total. The van der Waals surface area contributed by atoms with Crippen molar-refractivity contribution in [3.05, 3.63) is 47.5 Å². The summed E-state index contributed by atoms with van der Waals surface area (Å²) in [5.74, 6) is 2.05. The Morgan fingerprint density at radius 2 is 1.63 bits per heavy atom. The number of hydrogen-bond acceptors (Lipinski definition) is 5. The van der Waals surface area contributed by atoms with E-state index in [1.54, 1.807) is 21.3 Å². The Balaban J connectivity index is 1.73. The fraction of sp³-hybridized carbons (Fsp3) is 0.381. The van der Waals surface area contributed by atoms with Crippen LogP contribution in [0.2, 0.25) is 0 Å². The van der Waals surface area contributed by atoms with Crippen molar-refractivity contribution in [3.63, 3.8) is 0 Å². The molecule has 1 amide bonds. The maximum Gasteiger partial charge on any atom is 0.241 e. The highest BCUT2D eigenvalue weighted by Gasteiger charge is 2.27. The van der Waals surface area contributed by atoms with Crippen LogP contribution in [0, 0.1) is 0 Å². The van der Waals surface area contributed by atoms with Gasteiger partial charge in [0.05, 0.1) is 33.1 Å². The summed E-state index contributed by atoms with van der Waals surface area (Å²) in [7, 11) is 4.87. The molecule has 2 aromatic rings. The van der Waals surface area contributed by atoms with Crippen molar-refractivity contribution in [2.45, 2.75) is 25.9 Å². The predicted molar refractivity (Wildman–Crippen MR) is 105 cm³/mol. The molecule has 6 heteroatoms. The van der Waals surface area contributed by atoms with E-state index < -0.39 is 0 Å². The fourth-order valence-electron chi connectivity index (χ4n) is 3.39. The number of para-hydroxylation sites is 2. The van der Waals surface area contributed by atoms with Crippen LogP contribution in [0.5, 0.6) is 17.2 Å². The normalized spacial score (nSPS) is 14.8. The van der Waals surface area contributed by atoms with E-state index >= 15 is 0 Å². The van der Waals surface area contributed by atoms with Crippen molar-refractivity contribution >= 4 is 11.6 Å². The zero-order chi connectivity index (χ0) is 19.4. The van der Waals surface area contributed by atoms with Crippen molar-refractivity contribution in [2.75, 3.05) is 33.2 Å². The average molecular weight is 370 g/mol. The van der Waals surface area contributed by atoms with Crippen LogP contribution in [0.1, 0.15) is 18.1 Å². The predicted octanol–water partition coefficient (Wildman–Crippen LogP) is 3.10. The number of anilines is 1. The summed E-state index contributed by atoms with van der Waals surface area (Å²) >= 11 is 0. The molecule has 1 aliphatic heterocycles. The van der Waals surface area contributed by atoms with Gasteiger partial charge in [-0.15, -0.1) is 0 Å². The second-order valence-electron chi connectivity index (χ2n) is 6.56. The van der Waals surface area contributed by atoms with E-state index in [-0.39, 0.29) is 11.9 Å². The van der Waals surface area contributed by atoms with E-state index in [1.165, 1.54) is 5.56 Å². The first-order valence-electron chi connectivity index (χ1n) is 8.99. The summed E-state index contributed by atoms with van der Waals surface area (Å²) in [4.78, 5) is 14.9. The van der Waals surface area contributed by atoms with Gasteiger partial charge in [-0.25, -0.2) is 0 Å². The quantitative estimate of drug-likeness (QED) is 0.847. The number of rotatable bonds is 6. The topological polar surface area (TPSA) is 60.0 Å². The van der Waals surface area contributed by atoms with Crippen molar-refractivity contribution in [3.8, 4) is 17.2 Å². The molecule has 0 spiro atoms. The van der Waals surface area contributed by atoms with Gasteiger partial charge in [0, 0.05) is 13.1 Å². The molecule has 0 bridgehead atoms. The molecule has 144 valence electrons. The lowest BCUT2D eigenvalue weighted by Gasteiger charge is -2.33. The van der Waals surface area contributed by atoms with Crippen molar-refractivity contribution in [1.29, 1.82) is 0 Å². The van der Waals surface area contributed by atoms with Crippen LogP contribution in [0.4, 0.5) is 5.69 Å². The SMILES string of the molecule is COc1ccccc1NC(=O)[C@H](C)N1CCc2cc(OC)c(OC)cc2C1. The molecule has 3 rings (SSSR count). The van der Waals surface area contributed by atoms with E-state index in [0.29, 0.717) is 23.7 Å². The third-order valence-corrected chi connectivity index (χ3v) is 5.04. The van der Waals surface area contributed by atoms with E-state index in [0.717, 1.165) is 24.3 Å². The van der Waals surface area contributed by atoms with Crippen molar-refractivity contribution in [1.82, 2.24) is 4.90 Å². The molecular formula is C21H26N2O4. The third kappa shape index (κ3) is 4.01. The van der Waals surface area contributed by atoms with Crippen LogP contribution in [0.25, 0.3) is 0 Å². The van der Waals surface area contributed by atoms with Crippen LogP contribution in [-0.4, -0.2) is 44.7 Å². The first-order chi connectivity index (χ1) is 13.1. The molecule has 0 aromatic heterocycles. The fourth-order valence-corrected chi connectivity index (χ4v) is 3.39. The number of hydrogen-bond donors (Lipinski definition) is 1. The second kappa shape index (κ2) is 8.31. The average Bonchev–Trinajstić information content (AvgIpc) is 2.71. The van der Waals surface area contributed by atoms with E-state index in [1.807, 2.05) is 43.3 Å². The molecule has 1 N–H and O–H groups in total. The highest BCUT2D eigenvalue weighted by atomic mass is 16.5. The molecule has 2 aromatic carbocycles. The zero-order valence-electron chi connectivity index (χ0n) is 16.2. The Labute approximate surface area is 160 Å². The Hall–Kier alpha value is -2.73. The van der Waals surface area contributed by atoms with Gasteiger partial charge < -0.3 is 19.5 Å². The number of nitrogens with zero attached hydrogens (tertiary/aromatic N) is 1. The van der Waals surface area contributed by atoms with Crippen molar-refractivity contribution in [2.24, 2.45) is 0 Å². The molecule has 0 saturated heterocycles. The largest absolute Gasteiger partial charge is 0.495 e. The number of carbonyl (C=O) groups is 1. The molecule has 27 heavy (non-hydrogen) atoms. The lowest BCUT2D eigenvalue weighted by Crippen LogP contribution is -2.44. The minimum absolute atomic E-state index is 0.0524. The number of benzene rings is 2. The summed E-state index contributed by atoms with van der Waals surface area (Å²) < 4.78 is 16.1. The van der Waals surface area contributed by atoms with Crippen LogP contribution in [-0.2, 0) is 17.8 Å². The highest BCUT2D eigenvalue weighted by Crippen LogP contribution is 2.33. The first-order valence-corrected chi connectivity index (χ1v) is 8.99. The summed E-state index contributed by atoms with van der Waals surface area (Å²) in [5.41, 5.74) is 3.08. The molecule has 0 radical (unpaired) electrons. The molecule has 1 aliphatic rings. The minimum Gasteiger partial charge on any atom is -0.495 e. The van der Waals surface area contributed by atoms with Gasteiger partial charge in [0.2, 0.25) is 5.91 Å². The number of nitrogens with one attached hydrogen (secondary N) is 1. The molecular weight excluding hydrogens is 344 g/mol. The number of ether oxygens (including phenoxy) is 3. The third-order valence-electron chi connectivity index (χ3n) is 5.04. The smallest absolute Gasteiger partial charge is 0.241 e. The first kappa shape index (κ1) is 19.0. The standard InChI is InChI=1S/C21H26N2O4/c1-14(21(24)22-17-7-5-6-8-18(17)25-2)23-10-9-15-11-19(26-3)20(27-4)12-16(15)13-23/h5-8,11-12,14H,9-10,13H2,1-4H3,(H,22,24)/t14-/m0/s1. The van der Waals surface area contributed by atoms with Gasteiger partial charge in [-0.05, 0) is 48.7 Å². The Bertz CT molecular complexity index is 822. The van der Waals surface area contributed by atoms with Crippen molar-refractivity contribution < 1.29 is 19.0 Å². The lowest BCUT2D eigenvalue weighted by molar-refractivity contribution is -0.121. The van der Waals surface area contributed by atoms with Gasteiger partial charge in [0.1, 0.15) is 5.75 Å². The molecule has 0 unspecified atom stereocenters. The van der Waals surface area contributed by atoms with E-state index in [9.17, 15) is 4.79 Å². The molecule has 1 atom stereocenters. The summed E-state index contributed by atoms with van der Waals surface area (Å²) in [5, 5.41) is 2.97. The van der Waals surface area contributed by atoms with Crippen LogP contribution in [0.3, 0.4) is 0 Å². The number of methoxy groups -OCH3 is 3. The van der Waals surface area contributed by atoms with Crippen LogP contribution in [0.15, 0.2) is 36.4 Å². The summed E-state index contributed by atoms with van der Waals surface area (Å²) in [6.07, 6.45) is 0.863. The Morgan fingerprint density at radius 3 is 2.30 bits per heavy atom. The number of carbonyl (C=O) groups excluding carboxylic acids is 1. The van der Waals surface area contributed by atoms with E-state index in [2.05, 4.69) is 10.2 Å². The van der Waals surface area contributed by atoms with Crippen LogP contribution >= 0.6 is 0 Å². The maximum atomic E-state index is 12.8. The van der Waals surface area contributed by atoms with Gasteiger partial charge in [-0.2, -0.15) is 0 Å². The van der Waals surface area contributed by atoms with Crippen LogP contribution < -0.4 is 19.5 Å². The summed E-state index contributed by atoms with van der Waals surface area (Å²) in [6, 6.07) is 11.2.